The lowest BCUT2D eigenvalue weighted by atomic mass is 9.88. The summed E-state index contributed by atoms with van der Waals surface area (Å²) in [5.74, 6) is 0.732. The molecular formula is C16H23NO2S. The van der Waals surface area contributed by atoms with Crippen LogP contribution in [0.15, 0.2) is 23.1 Å². The summed E-state index contributed by atoms with van der Waals surface area (Å²) in [4.78, 5) is 0.441. The molecule has 1 saturated carbocycles. The summed E-state index contributed by atoms with van der Waals surface area (Å²) < 4.78 is 27.8. The van der Waals surface area contributed by atoms with E-state index >= 15 is 0 Å². The minimum absolute atomic E-state index is 0.115. The second kappa shape index (κ2) is 5.49. The van der Waals surface area contributed by atoms with E-state index in [9.17, 15) is 8.42 Å². The minimum atomic E-state index is -3.35. The van der Waals surface area contributed by atoms with Crippen molar-refractivity contribution in [1.82, 2.24) is 4.72 Å². The van der Waals surface area contributed by atoms with Gasteiger partial charge in [-0.3, -0.25) is 0 Å². The molecule has 4 heteroatoms. The van der Waals surface area contributed by atoms with Crippen LogP contribution in [0.5, 0.6) is 0 Å². The number of rotatable bonds is 3. The van der Waals surface area contributed by atoms with Crippen molar-refractivity contribution in [2.75, 3.05) is 0 Å². The van der Waals surface area contributed by atoms with Crippen LogP contribution < -0.4 is 4.72 Å². The number of hydrogen-bond donors (Lipinski definition) is 1. The lowest BCUT2D eigenvalue weighted by Gasteiger charge is -2.26. The van der Waals surface area contributed by atoms with E-state index in [0.717, 1.165) is 50.9 Å². The molecule has 3 nitrogen and oxygen atoms in total. The highest BCUT2D eigenvalue weighted by atomic mass is 32.2. The van der Waals surface area contributed by atoms with Crippen molar-refractivity contribution in [3.8, 4) is 0 Å². The molecule has 110 valence electrons. The molecule has 0 aliphatic heterocycles. The molecule has 1 aromatic carbocycles. The summed E-state index contributed by atoms with van der Waals surface area (Å²) in [5, 5.41) is 0. The van der Waals surface area contributed by atoms with Gasteiger partial charge in [0.1, 0.15) is 0 Å². The van der Waals surface area contributed by atoms with Gasteiger partial charge in [-0.2, -0.15) is 0 Å². The highest BCUT2D eigenvalue weighted by molar-refractivity contribution is 7.89. The van der Waals surface area contributed by atoms with Crippen LogP contribution in [-0.2, 0) is 22.9 Å². The van der Waals surface area contributed by atoms with Crippen LogP contribution in [0.25, 0.3) is 0 Å². The zero-order chi connectivity index (χ0) is 14.2. The van der Waals surface area contributed by atoms with Crippen molar-refractivity contribution in [3.63, 3.8) is 0 Å². The average molecular weight is 293 g/mol. The van der Waals surface area contributed by atoms with Gasteiger partial charge in [0.05, 0.1) is 4.90 Å². The molecule has 0 spiro atoms. The van der Waals surface area contributed by atoms with Crippen molar-refractivity contribution in [1.29, 1.82) is 0 Å². The number of sulfonamides is 1. The van der Waals surface area contributed by atoms with Gasteiger partial charge in [-0.1, -0.05) is 13.0 Å². The maximum absolute atomic E-state index is 12.5. The summed E-state index contributed by atoms with van der Waals surface area (Å²) in [5.41, 5.74) is 2.53. The molecule has 0 radical (unpaired) electrons. The molecule has 1 N–H and O–H groups in total. The second-order valence-corrected chi connectivity index (χ2v) is 8.08. The first kappa shape index (κ1) is 14.1. The first-order valence-corrected chi connectivity index (χ1v) is 9.17. The summed E-state index contributed by atoms with van der Waals surface area (Å²) in [6.07, 6.45) is 7.42. The Hall–Kier alpha value is -0.870. The van der Waals surface area contributed by atoms with Crippen LogP contribution in [-0.4, -0.2) is 14.5 Å². The molecule has 1 aromatic rings. The highest BCUT2D eigenvalue weighted by Crippen LogP contribution is 2.27. The zero-order valence-corrected chi connectivity index (χ0v) is 12.9. The molecule has 0 amide bonds. The normalized spacial score (nSPS) is 26.4. The third kappa shape index (κ3) is 2.91. The molecule has 2 aliphatic rings. The van der Waals surface area contributed by atoms with Gasteiger partial charge in [-0.15, -0.1) is 0 Å². The van der Waals surface area contributed by atoms with Crippen molar-refractivity contribution in [3.05, 3.63) is 29.3 Å². The van der Waals surface area contributed by atoms with Crippen molar-refractivity contribution in [2.24, 2.45) is 5.92 Å². The van der Waals surface area contributed by atoms with Crippen LogP contribution in [0, 0.1) is 5.92 Å². The summed E-state index contributed by atoms with van der Waals surface area (Å²) in [7, 11) is -3.35. The molecular weight excluding hydrogens is 270 g/mol. The van der Waals surface area contributed by atoms with Gasteiger partial charge in [0, 0.05) is 6.04 Å². The molecule has 20 heavy (non-hydrogen) atoms. The van der Waals surface area contributed by atoms with E-state index in [1.807, 2.05) is 12.1 Å². The second-order valence-electron chi connectivity index (χ2n) is 6.36. The Morgan fingerprint density at radius 3 is 2.50 bits per heavy atom. The molecule has 0 unspecified atom stereocenters. The molecule has 2 aliphatic carbocycles. The van der Waals surface area contributed by atoms with Crippen LogP contribution in [0.2, 0.25) is 0 Å². The molecule has 3 rings (SSSR count). The third-order valence-electron chi connectivity index (χ3n) is 4.72. The standard InChI is InChI=1S/C16H23NO2S/c1-12-5-8-15(9-6-12)17-20(18,19)16-10-7-13-3-2-4-14(13)11-16/h7,10-12,15,17H,2-6,8-9H2,1H3. The Kier molecular flexibility index (Phi) is 3.87. The van der Waals surface area contributed by atoms with Crippen LogP contribution in [0.3, 0.4) is 0 Å². The quantitative estimate of drug-likeness (QED) is 0.931. The Morgan fingerprint density at radius 1 is 1.05 bits per heavy atom. The predicted molar refractivity (Wildman–Crippen MR) is 80.2 cm³/mol. The molecule has 0 aromatic heterocycles. The van der Waals surface area contributed by atoms with Crippen molar-refractivity contribution >= 4 is 10.0 Å². The van der Waals surface area contributed by atoms with E-state index < -0.39 is 10.0 Å². The van der Waals surface area contributed by atoms with E-state index in [2.05, 4.69) is 11.6 Å². The fourth-order valence-electron chi connectivity index (χ4n) is 3.38. The number of benzene rings is 1. The van der Waals surface area contributed by atoms with Gasteiger partial charge in [0.25, 0.3) is 0 Å². The van der Waals surface area contributed by atoms with E-state index in [0.29, 0.717) is 4.90 Å². The average Bonchev–Trinajstić information content (AvgIpc) is 2.88. The number of aryl methyl sites for hydroxylation is 2. The first-order valence-electron chi connectivity index (χ1n) is 7.69. The smallest absolute Gasteiger partial charge is 0.208 e. The van der Waals surface area contributed by atoms with Gasteiger partial charge >= 0.3 is 0 Å². The zero-order valence-electron chi connectivity index (χ0n) is 12.1. The summed E-state index contributed by atoms with van der Waals surface area (Å²) >= 11 is 0. The summed E-state index contributed by atoms with van der Waals surface area (Å²) in [6.45, 7) is 2.24. The number of fused-ring (bicyclic) bond motifs is 1. The number of nitrogens with one attached hydrogen (secondary N) is 1. The monoisotopic (exact) mass is 293 g/mol. The molecule has 0 bridgehead atoms. The van der Waals surface area contributed by atoms with Crippen molar-refractivity contribution < 1.29 is 8.42 Å². The molecule has 1 fully saturated rings. The largest absolute Gasteiger partial charge is 0.240 e. The van der Waals surface area contributed by atoms with Crippen LogP contribution in [0.1, 0.15) is 50.2 Å². The van der Waals surface area contributed by atoms with Gasteiger partial charge in [0.15, 0.2) is 0 Å². The van der Waals surface area contributed by atoms with E-state index in [1.165, 1.54) is 11.1 Å². The lowest BCUT2D eigenvalue weighted by molar-refractivity contribution is 0.332. The van der Waals surface area contributed by atoms with Gasteiger partial charge in [0.2, 0.25) is 10.0 Å². The van der Waals surface area contributed by atoms with Crippen molar-refractivity contribution in [2.45, 2.75) is 62.8 Å². The summed E-state index contributed by atoms with van der Waals surface area (Å²) in [6, 6.07) is 5.73. The Morgan fingerprint density at radius 2 is 1.75 bits per heavy atom. The third-order valence-corrected chi connectivity index (χ3v) is 6.24. The highest BCUT2D eigenvalue weighted by Gasteiger charge is 2.25. The van der Waals surface area contributed by atoms with E-state index in [-0.39, 0.29) is 6.04 Å². The SMILES string of the molecule is CC1CCC(NS(=O)(=O)c2ccc3c(c2)CCC3)CC1. The van der Waals surface area contributed by atoms with E-state index in [1.54, 1.807) is 6.07 Å². The maximum Gasteiger partial charge on any atom is 0.240 e. The molecule has 0 saturated heterocycles. The maximum atomic E-state index is 12.5. The molecule has 0 atom stereocenters. The topological polar surface area (TPSA) is 46.2 Å². The Labute approximate surface area is 121 Å². The van der Waals surface area contributed by atoms with Gasteiger partial charge in [-0.05, 0) is 74.1 Å². The van der Waals surface area contributed by atoms with E-state index in [4.69, 9.17) is 0 Å². The lowest BCUT2D eigenvalue weighted by Crippen LogP contribution is -2.37. The fraction of sp³-hybridized carbons (Fsp3) is 0.625. The Balaban J connectivity index is 1.75. The van der Waals surface area contributed by atoms with Gasteiger partial charge in [-0.25, -0.2) is 13.1 Å². The molecule has 0 heterocycles. The predicted octanol–water partition coefficient (Wildman–Crippen LogP) is 3.03. The number of hydrogen-bond acceptors (Lipinski definition) is 2. The Bertz CT molecular complexity index is 586. The van der Waals surface area contributed by atoms with Crippen LogP contribution in [0.4, 0.5) is 0 Å². The minimum Gasteiger partial charge on any atom is -0.208 e. The van der Waals surface area contributed by atoms with Crippen LogP contribution >= 0.6 is 0 Å². The fourth-order valence-corrected chi connectivity index (χ4v) is 4.74. The van der Waals surface area contributed by atoms with Gasteiger partial charge < -0.3 is 0 Å². The first-order chi connectivity index (χ1) is 9.54.